The summed E-state index contributed by atoms with van der Waals surface area (Å²) in [6.45, 7) is 2.00. The standard InChI is InChI=1S/C13H13BrN2O2/c1-8-3-4-12(18-2)10(5-8)11-6-9(7-14)13(17)16-15-11/h3-6H,7H2,1-2H3,(H,16,17). The summed E-state index contributed by atoms with van der Waals surface area (Å²) in [5.41, 5.74) is 3.14. The second-order valence-electron chi connectivity index (χ2n) is 3.94. The van der Waals surface area contributed by atoms with Crippen molar-refractivity contribution in [3.8, 4) is 17.0 Å². The number of methoxy groups -OCH3 is 1. The molecule has 2 rings (SSSR count). The first kappa shape index (κ1) is 12.8. The van der Waals surface area contributed by atoms with Gasteiger partial charge in [-0.15, -0.1) is 0 Å². The Labute approximate surface area is 113 Å². The van der Waals surface area contributed by atoms with E-state index in [4.69, 9.17) is 4.74 Å². The number of aryl methyl sites for hydroxylation is 1. The van der Waals surface area contributed by atoms with Crippen LogP contribution in [0.1, 0.15) is 11.1 Å². The summed E-state index contributed by atoms with van der Waals surface area (Å²) in [4.78, 5) is 11.5. The van der Waals surface area contributed by atoms with E-state index in [2.05, 4.69) is 26.1 Å². The van der Waals surface area contributed by atoms with Crippen LogP contribution in [0.5, 0.6) is 5.75 Å². The van der Waals surface area contributed by atoms with E-state index in [-0.39, 0.29) is 5.56 Å². The summed E-state index contributed by atoms with van der Waals surface area (Å²) >= 11 is 3.29. The lowest BCUT2D eigenvalue weighted by molar-refractivity contribution is 0.416. The number of alkyl halides is 1. The lowest BCUT2D eigenvalue weighted by atomic mass is 10.1. The largest absolute Gasteiger partial charge is 0.496 e. The first-order valence-electron chi connectivity index (χ1n) is 5.45. The molecule has 0 fully saturated rings. The zero-order valence-corrected chi connectivity index (χ0v) is 11.7. The van der Waals surface area contributed by atoms with Crippen LogP contribution in [0.15, 0.2) is 29.1 Å². The predicted molar refractivity (Wildman–Crippen MR) is 74.2 cm³/mol. The Morgan fingerprint density at radius 3 is 2.83 bits per heavy atom. The summed E-state index contributed by atoms with van der Waals surface area (Å²) in [6, 6.07) is 7.62. The van der Waals surface area contributed by atoms with Crippen molar-refractivity contribution in [1.82, 2.24) is 10.2 Å². The highest BCUT2D eigenvalue weighted by Gasteiger charge is 2.10. The van der Waals surface area contributed by atoms with Crippen LogP contribution in [-0.2, 0) is 5.33 Å². The molecule has 4 nitrogen and oxygen atoms in total. The Morgan fingerprint density at radius 2 is 2.17 bits per heavy atom. The molecule has 0 aliphatic carbocycles. The Morgan fingerprint density at radius 1 is 1.39 bits per heavy atom. The van der Waals surface area contributed by atoms with Crippen molar-refractivity contribution >= 4 is 15.9 Å². The third-order valence-electron chi connectivity index (χ3n) is 2.66. The Kier molecular flexibility index (Phi) is 3.81. The Bertz CT molecular complexity index is 623. The van der Waals surface area contributed by atoms with Gasteiger partial charge in [-0.2, -0.15) is 5.10 Å². The summed E-state index contributed by atoms with van der Waals surface area (Å²) in [6.07, 6.45) is 0. The van der Waals surface area contributed by atoms with Gasteiger partial charge in [-0.3, -0.25) is 4.79 Å². The Balaban J connectivity index is 2.61. The highest BCUT2D eigenvalue weighted by Crippen LogP contribution is 2.29. The summed E-state index contributed by atoms with van der Waals surface area (Å²) in [5.74, 6) is 0.737. The molecule has 0 amide bonds. The molecule has 2 aromatic rings. The smallest absolute Gasteiger partial charge is 0.268 e. The molecule has 0 aliphatic heterocycles. The lowest BCUT2D eigenvalue weighted by Crippen LogP contribution is -2.13. The molecule has 0 saturated carbocycles. The number of aromatic amines is 1. The number of nitrogens with one attached hydrogen (secondary N) is 1. The van der Waals surface area contributed by atoms with Gasteiger partial charge in [-0.05, 0) is 25.1 Å². The van der Waals surface area contributed by atoms with Crippen LogP contribution in [0.3, 0.4) is 0 Å². The highest BCUT2D eigenvalue weighted by atomic mass is 79.9. The highest BCUT2D eigenvalue weighted by molar-refractivity contribution is 9.08. The molecule has 0 atom stereocenters. The van der Waals surface area contributed by atoms with Crippen LogP contribution in [0.2, 0.25) is 0 Å². The van der Waals surface area contributed by atoms with Crippen molar-refractivity contribution in [3.63, 3.8) is 0 Å². The van der Waals surface area contributed by atoms with Crippen LogP contribution in [0, 0.1) is 6.92 Å². The van der Waals surface area contributed by atoms with Crippen molar-refractivity contribution in [2.24, 2.45) is 0 Å². The van der Waals surface area contributed by atoms with Gasteiger partial charge < -0.3 is 4.74 Å². The maximum Gasteiger partial charge on any atom is 0.268 e. The van der Waals surface area contributed by atoms with Crippen molar-refractivity contribution in [3.05, 3.63) is 45.7 Å². The molecular formula is C13H13BrN2O2. The van der Waals surface area contributed by atoms with Crippen molar-refractivity contribution in [2.75, 3.05) is 7.11 Å². The van der Waals surface area contributed by atoms with Gasteiger partial charge in [-0.25, -0.2) is 5.10 Å². The lowest BCUT2D eigenvalue weighted by Gasteiger charge is -2.09. The minimum Gasteiger partial charge on any atom is -0.496 e. The summed E-state index contributed by atoms with van der Waals surface area (Å²) in [7, 11) is 1.62. The molecule has 1 aromatic heterocycles. The van der Waals surface area contributed by atoms with E-state index < -0.39 is 0 Å². The SMILES string of the molecule is COc1ccc(C)cc1-c1cc(CBr)c(=O)[nH]n1. The number of nitrogens with zero attached hydrogens (tertiary/aromatic N) is 1. The second-order valence-corrected chi connectivity index (χ2v) is 4.51. The molecule has 0 unspecified atom stereocenters. The zero-order chi connectivity index (χ0) is 13.1. The minimum absolute atomic E-state index is 0.178. The van der Waals surface area contributed by atoms with Crippen molar-refractivity contribution in [2.45, 2.75) is 12.3 Å². The first-order chi connectivity index (χ1) is 8.65. The number of ether oxygens (including phenoxy) is 1. The summed E-state index contributed by atoms with van der Waals surface area (Å²) < 4.78 is 5.31. The van der Waals surface area contributed by atoms with Gasteiger partial charge in [0.15, 0.2) is 0 Å². The normalized spacial score (nSPS) is 10.4. The molecule has 0 aliphatic rings. The number of rotatable bonds is 3. The fourth-order valence-electron chi connectivity index (χ4n) is 1.70. The van der Waals surface area contributed by atoms with E-state index in [0.717, 1.165) is 16.9 Å². The van der Waals surface area contributed by atoms with Crippen LogP contribution in [0.4, 0.5) is 0 Å². The van der Waals surface area contributed by atoms with Crippen molar-refractivity contribution in [1.29, 1.82) is 0 Å². The molecular weight excluding hydrogens is 296 g/mol. The maximum absolute atomic E-state index is 11.5. The van der Waals surface area contributed by atoms with Gasteiger partial charge in [0.1, 0.15) is 5.75 Å². The second kappa shape index (κ2) is 5.35. The monoisotopic (exact) mass is 308 g/mol. The van der Waals surface area contributed by atoms with E-state index >= 15 is 0 Å². The number of aromatic nitrogens is 2. The average Bonchev–Trinajstić information content (AvgIpc) is 2.39. The molecule has 1 aromatic carbocycles. The van der Waals surface area contributed by atoms with Crippen LogP contribution >= 0.6 is 15.9 Å². The molecule has 0 radical (unpaired) electrons. The molecule has 0 bridgehead atoms. The molecule has 0 spiro atoms. The third-order valence-corrected chi connectivity index (χ3v) is 3.26. The zero-order valence-electron chi connectivity index (χ0n) is 10.2. The van der Waals surface area contributed by atoms with Gasteiger partial charge >= 0.3 is 0 Å². The number of H-pyrrole nitrogens is 1. The van der Waals surface area contributed by atoms with Gasteiger partial charge in [0.05, 0.1) is 12.8 Å². The molecule has 94 valence electrons. The van der Waals surface area contributed by atoms with E-state index in [1.54, 1.807) is 13.2 Å². The third kappa shape index (κ3) is 2.46. The molecule has 5 heteroatoms. The molecule has 0 saturated heterocycles. The topological polar surface area (TPSA) is 55.0 Å². The molecule has 18 heavy (non-hydrogen) atoms. The predicted octanol–water partition coefficient (Wildman–Crippen LogP) is 2.65. The van der Waals surface area contributed by atoms with Crippen LogP contribution < -0.4 is 10.3 Å². The van der Waals surface area contributed by atoms with E-state index in [9.17, 15) is 4.79 Å². The number of hydrogen-bond acceptors (Lipinski definition) is 3. The quantitative estimate of drug-likeness (QED) is 0.887. The number of hydrogen-bond donors (Lipinski definition) is 1. The van der Waals surface area contributed by atoms with E-state index in [1.165, 1.54) is 0 Å². The van der Waals surface area contributed by atoms with Gasteiger partial charge in [0.25, 0.3) is 5.56 Å². The maximum atomic E-state index is 11.5. The van der Waals surface area contributed by atoms with Gasteiger partial charge in [0.2, 0.25) is 0 Å². The Hall–Kier alpha value is -1.62. The van der Waals surface area contributed by atoms with Crippen molar-refractivity contribution < 1.29 is 4.74 Å². The number of halogens is 1. The fourth-order valence-corrected chi connectivity index (χ4v) is 2.12. The van der Waals surface area contributed by atoms with E-state index in [0.29, 0.717) is 16.6 Å². The molecule has 1 N–H and O–H groups in total. The van der Waals surface area contributed by atoms with E-state index in [1.807, 2.05) is 25.1 Å². The minimum atomic E-state index is -0.178. The average molecular weight is 309 g/mol. The number of benzene rings is 1. The van der Waals surface area contributed by atoms with Crippen LogP contribution in [-0.4, -0.2) is 17.3 Å². The first-order valence-corrected chi connectivity index (χ1v) is 6.57. The molecule has 1 heterocycles. The fraction of sp³-hybridized carbons (Fsp3) is 0.231. The summed E-state index contributed by atoms with van der Waals surface area (Å²) in [5, 5.41) is 7.06. The van der Waals surface area contributed by atoms with Gasteiger partial charge in [0, 0.05) is 16.5 Å². The van der Waals surface area contributed by atoms with Gasteiger partial charge in [-0.1, -0.05) is 27.6 Å². The van der Waals surface area contributed by atoms with Crippen LogP contribution in [0.25, 0.3) is 11.3 Å².